The van der Waals surface area contributed by atoms with E-state index in [4.69, 9.17) is 10.5 Å². The number of hydrogen-bond donors (Lipinski definition) is 1. The molecule has 0 atom stereocenters. The Balaban J connectivity index is 1.76. The van der Waals surface area contributed by atoms with E-state index >= 15 is 0 Å². The molecule has 3 nitrogen and oxygen atoms in total. The third-order valence-electron chi connectivity index (χ3n) is 2.98. The Bertz CT molecular complexity index is 317. The van der Waals surface area contributed by atoms with Crippen LogP contribution in [0.2, 0.25) is 0 Å². The average Bonchev–Trinajstić information content (AvgIpc) is 2.25. The monoisotopic (exact) mass is 220 g/mol. The normalized spacial score (nSPS) is 17.1. The number of nitrogens with two attached hydrogens (primary N) is 1. The van der Waals surface area contributed by atoms with Crippen molar-refractivity contribution in [1.82, 2.24) is 4.90 Å². The summed E-state index contributed by atoms with van der Waals surface area (Å²) in [4.78, 5) is 2.30. The maximum absolute atomic E-state index is 5.73. The molecule has 0 saturated carbocycles. The molecule has 1 fully saturated rings. The number of ether oxygens (including phenoxy) is 1. The Morgan fingerprint density at radius 2 is 2.00 bits per heavy atom. The van der Waals surface area contributed by atoms with Gasteiger partial charge in [-0.2, -0.15) is 0 Å². The lowest BCUT2D eigenvalue weighted by molar-refractivity contribution is 0.0857. The molecule has 16 heavy (non-hydrogen) atoms. The number of likely N-dealkylation sites (tertiary alicyclic amines) is 1. The van der Waals surface area contributed by atoms with Gasteiger partial charge < -0.3 is 15.4 Å². The summed E-state index contributed by atoms with van der Waals surface area (Å²) in [5, 5.41) is 0. The zero-order chi connectivity index (χ0) is 11.4. The molecule has 0 aromatic heterocycles. The highest BCUT2D eigenvalue weighted by Gasteiger charge is 2.23. The van der Waals surface area contributed by atoms with Gasteiger partial charge in [-0.25, -0.2) is 0 Å². The van der Waals surface area contributed by atoms with Gasteiger partial charge in [-0.1, -0.05) is 12.1 Å². The van der Waals surface area contributed by atoms with Crippen LogP contribution in [0.25, 0.3) is 0 Å². The van der Waals surface area contributed by atoms with Crippen molar-refractivity contribution in [2.24, 2.45) is 11.7 Å². The topological polar surface area (TPSA) is 38.5 Å². The minimum atomic E-state index is 0.703. The first-order valence-electron chi connectivity index (χ1n) is 5.88. The Hall–Kier alpha value is -1.06. The van der Waals surface area contributed by atoms with E-state index in [-0.39, 0.29) is 0 Å². The summed E-state index contributed by atoms with van der Waals surface area (Å²) in [6.07, 6.45) is 0.938. The molecule has 1 aromatic rings. The molecule has 3 heteroatoms. The van der Waals surface area contributed by atoms with Gasteiger partial charge in [-0.05, 0) is 37.7 Å². The van der Waals surface area contributed by atoms with Gasteiger partial charge in [0.1, 0.15) is 5.75 Å². The van der Waals surface area contributed by atoms with Crippen LogP contribution in [0.5, 0.6) is 5.75 Å². The number of nitrogens with zero attached hydrogens (tertiary/aromatic N) is 1. The first-order chi connectivity index (χ1) is 7.78. The molecular weight excluding hydrogens is 200 g/mol. The van der Waals surface area contributed by atoms with E-state index in [0.29, 0.717) is 12.5 Å². The van der Waals surface area contributed by atoms with Crippen molar-refractivity contribution >= 4 is 0 Å². The second-order valence-corrected chi connectivity index (χ2v) is 4.58. The van der Waals surface area contributed by atoms with Crippen LogP contribution < -0.4 is 10.5 Å². The summed E-state index contributed by atoms with van der Waals surface area (Å²) in [5.41, 5.74) is 6.78. The van der Waals surface area contributed by atoms with E-state index in [1.807, 2.05) is 12.1 Å². The maximum atomic E-state index is 5.73. The van der Waals surface area contributed by atoms with E-state index in [1.54, 1.807) is 0 Å². The standard InChI is InChI=1S/C13H20N2O/c1-15-8-12(9-15)10-16-13-4-2-11(3-5-13)6-7-14/h2-5,12H,6-10,14H2,1H3. The third kappa shape index (κ3) is 2.97. The summed E-state index contributed by atoms with van der Waals surface area (Å²) in [5.74, 6) is 1.67. The molecule has 1 aliphatic heterocycles. The molecule has 1 aliphatic rings. The van der Waals surface area contributed by atoms with Crippen LogP contribution in [-0.4, -0.2) is 38.2 Å². The highest BCUT2D eigenvalue weighted by molar-refractivity contribution is 5.27. The Kier molecular flexibility index (Phi) is 3.80. The zero-order valence-corrected chi connectivity index (χ0v) is 9.86. The molecule has 0 radical (unpaired) electrons. The fraction of sp³-hybridized carbons (Fsp3) is 0.538. The van der Waals surface area contributed by atoms with Gasteiger partial charge >= 0.3 is 0 Å². The van der Waals surface area contributed by atoms with Gasteiger partial charge in [-0.3, -0.25) is 0 Å². The summed E-state index contributed by atoms with van der Waals surface area (Å²) in [6, 6.07) is 8.25. The van der Waals surface area contributed by atoms with Crippen LogP contribution in [0.1, 0.15) is 5.56 Å². The van der Waals surface area contributed by atoms with Gasteiger partial charge in [0.15, 0.2) is 0 Å². The molecule has 0 aliphatic carbocycles. The lowest BCUT2D eigenvalue weighted by Crippen LogP contribution is -2.46. The van der Waals surface area contributed by atoms with Crippen molar-refractivity contribution in [1.29, 1.82) is 0 Å². The lowest BCUT2D eigenvalue weighted by Gasteiger charge is -2.35. The third-order valence-corrected chi connectivity index (χ3v) is 2.98. The fourth-order valence-corrected chi connectivity index (χ4v) is 2.07. The Morgan fingerprint density at radius 3 is 2.56 bits per heavy atom. The maximum Gasteiger partial charge on any atom is 0.119 e. The summed E-state index contributed by atoms with van der Waals surface area (Å²) in [6.45, 7) is 3.85. The van der Waals surface area contributed by atoms with E-state index in [1.165, 1.54) is 5.56 Å². The van der Waals surface area contributed by atoms with Crippen molar-refractivity contribution in [2.75, 3.05) is 33.3 Å². The van der Waals surface area contributed by atoms with Crippen molar-refractivity contribution in [3.8, 4) is 5.75 Å². The van der Waals surface area contributed by atoms with Crippen molar-refractivity contribution in [3.63, 3.8) is 0 Å². The highest BCUT2D eigenvalue weighted by Crippen LogP contribution is 2.17. The molecule has 2 rings (SSSR count). The van der Waals surface area contributed by atoms with E-state index < -0.39 is 0 Å². The van der Waals surface area contributed by atoms with Gasteiger partial charge in [-0.15, -0.1) is 0 Å². The average molecular weight is 220 g/mol. The number of rotatable bonds is 5. The van der Waals surface area contributed by atoms with Crippen molar-refractivity contribution < 1.29 is 4.74 Å². The molecular formula is C13H20N2O. The lowest BCUT2D eigenvalue weighted by atomic mass is 10.0. The number of benzene rings is 1. The predicted molar refractivity (Wildman–Crippen MR) is 65.7 cm³/mol. The largest absolute Gasteiger partial charge is 0.493 e. The Morgan fingerprint density at radius 1 is 1.31 bits per heavy atom. The fourth-order valence-electron chi connectivity index (χ4n) is 2.07. The minimum absolute atomic E-state index is 0.703. The van der Waals surface area contributed by atoms with Gasteiger partial charge in [0, 0.05) is 19.0 Å². The number of hydrogen-bond acceptors (Lipinski definition) is 3. The second kappa shape index (κ2) is 5.32. The molecule has 1 heterocycles. The molecule has 2 N–H and O–H groups in total. The second-order valence-electron chi connectivity index (χ2n) is 4.58. The minimum Gasteiger partial charge on any atom is -0.493 e. The molecule has 88 valence electrons. The highest BCUT2D eigenvalue weighted by atomic mass is 16.5. The first kappa shape index (κ1) is 11.4. The molecule has 0 spiro atoms. The van der Waals surface area contributed by atoms with Crippen LogP contribution >= 0.6 is 0 Å². The van der Waals surface area contributed by atoms with E-state index in [0.717, 1.165) is 31.9 Å². The van der Waals surface area contributed by atoms with Gasteiger partial charge in [0.05, 0.1) is 6.61 Å². The van der Waals surface area contributed by atoms with Crippen LogP contribution in [0.4, 0.5) is 0 Å². The van der Waals surface area contributed by atoms with Crippen molar-refractivity contribution in [2.45, 2.75) is 6.42 Å². The molecule has 1 aromatic carbocycles. The molecule has 0 amide bonds. The summed E-state index contributed by atoms with van der Waals surface area (Å²) >= 11 is 0. The molecule has 0 unspecified atom stereocenters. The smallest absolute Gasteiger partial charge is 0.119 e. The molecule has 1 saturated heterocycles. The van der Waals surface area contributed by atoms with Crippen LogP contribution in [-0.2, 0) is 6.42 Å². The summed E-state index contributed by atoms with van der Waals surface area (Å²) < 4.78 is 5.73. The SMILES string of the molecule is CN1CC(COc2ccc(CCN)cc2)C1. The zero-order valence-electron chi connectivity index (χ0n) is 9.86. The Labute approximate surface area is 97.2 Å². The predicted octanol–water partition coefficient (Wildman–Crippen LogP) is 1.13. The van der Waals surface area contributed by atoms with Gasteiger partial charge in [0.2, 0.25) is 0 Å². The van der Waals surface area contributed by atoms with Crippen LogP contribution in [0, 0.1) is 5.92 Å². The van der Waals surface area contributed by atoms with E-state index in [2.05, 4.69) is 24.1 Å². The quantitative estimate of drug-likeness (QED) is 0.808. The summed E-state index contributed by atoms with van der Waals surface area (Å²) in [7, 11) is 2.14. The van der Waals surface area contributed by atoms with Gasteiger partial charge in [0.25, 0.3) is 0 Å². The first-order valence-corrected chi connectivity index (χ1v) is 5.88. The van der Waals surface area contributed by atoms with Crippen molar-refractivity contribution in [3.05, 3.63) is 29.8 Å². The van der Waals surface area contributed by atoms with Crippen LogP contribution in [0.15, 0.2) is 24.3 Å². The van der Waals surface area contributed by atoms with Crippen LogP contribution in [0.3, 0.4) is 0 Å². The van der Waals surface area contributed by atoms with E-state index in [9.17, 15) is 0 Å². The molecule has 0 bridgehead atoms.